The molecular weight excluding hydrogens is 406 g/mol. The summed E-state index contributed by atoms with van der Waals surface area (Å²) >= 11 is 3.38. The van der Waals surface area contributed by atoms with Crippen molar-refractivity contribution in [2.24, 2.45) is 0 Å². The number of alkyl carbamates (subject to hydrolysis) is 1. The summed E-state index contributed by atoms with van der Waals surface area (Å²) in [4.78, 5) is 29.0. The van der Waals surface area contributed by atoms with E-state index in [1.54, 1.807) is 13.2 Å². The molecule has 0 unspecified atom stereocenters. The van der Waals surface area contributed by atoms with Gasteiger partial charge in [-0.05, 0) is 49.5 Å². The van der Waals surface area contributed by atoms with Gasteiger partial charge in [-0.25, -0.2) is 9.78 Å². The van der Waals surface area contributed by atoms with Crippen LogP contribution in [-0.4, -0.2) is 47.8 Å². The summed E-state index contributed by atoms with van der Waals surface area (Å²) in [6.45, 7) is 6.60. The Hall–Kier alpha value is -2.10. The molecule has 1 amide bonds. The van der Waals surface area contributed by atoms with Crippen molar-refractivity contribution in [3.8, 4) is 0 Å². The van der Waals surface area contributed by atoms with Gasteiger partial charge in [0.1, 0.15) is 11.3 Å². The number of carbonyl (C=O) groups excluding carboxylic acids is 1. The van der Waals surface area contributed by atoms with Crippen molar-refractivity contribution < 1.29 is 14.5 Å². The number of nitrogens with zero attached hydrogens (tertiary/aromatic N) is 3. The molecule has 1 saturated heterocycles. The molecule has 0 aromatic carbocycles. The first-order chi connectivity index (χ1) is 12.1. The fourth-order valence-corrected chi connectivity index (χ4v) is 3.39. The maximum atomic E-state index is 11.9. The van der Waals surface area contributed by atoms with E-state index in [0.29, 0.717) is 36.1 Å². The summed E-state index contributed by atoms with van der Waals surface area (Å²) in [6.07, 6.45) is 2.45. The summed E-state index contributed by atoms with van der Waals surface area (Å²) in [7, 11) is 1.60. The van der Waals surface area contributed by atoms with Crippen molar-refractivity contribution in [1.29, 1.82) is 0 Å². The van der Waals surface area contributed by atoms with Crippen molar-refractivity contribution >= 4 is 39.2 Å². The van der Waals surface area contributed by atoms with Gasteiger partial charge in [-0.15, -0.1) is 0 Å². The molecule has 2 rings (SSSR count). The van der Waals surface area contributed by atoms with Gasteiger partial charge in [0.05, 0.1) is 9.40 Å². The number of piperidine rings is 1. The largest absolute Gasteiger partial charge is 0.444 e. The highest BCUT2D eigenvalue weighted by Crippen LogP contribution is 2.40. The predicted octanol–water partition coefficient (Wildman–Crippen LogP) is 3.29. The number of carbonyl (C=O) groups is 1. The Labute approximate surface area is 160 Å². The first kappa shape index (κ1) is 20.2. The van der Waals surface area contributed by atoms with E-state index in [-0.39, 0.29) is 17.5 Å². The molecule has 26 heavy (non-hydrogen) atoms. The summed E-state index contributed by atoms with van der Waals surface area (Å²) in [5.74, 6) is 0.224. The van der Waals surface area contributed by atoms with Crippen LogP contribution in [0, 0.1) is 10.1 Å². The highest BCUT2D eigenvalue weighted by atomic mass is 79.9. The zero-order chi connectivity index (χ0) is 19.5. The summed E-state index contributed by atoms with van der Waals surface area (Å²) in [6, 6.07) is -0.0236. The van der Waals surface area contributed by atoms with Gasteiger partial charge in [-0.1, -0.05) is 0 Å². The van der Waals surface area contributed by atoms with Crippen molar-refractivity contribution in [1.82, 2.24) is 10.3 Å². The van der Waals surface area contributed by atoms with E-state index in [2.05, 4.69) is 31.5 Å². The molecule has 9 nitrogen and oxygen atoms in total. The highest BCUT2D eigenvalue weighted by Gasteiger charge is 2.31. The molecule has 10 heteroatoms. The Kier molecular flexibility index (Phi) is 6.27. The van der Waals surface area contributed by atoms with E-state index in [1.165, 1.54) is 0 Å². The molecule has 0 radical (unpaired) electrons. The number of rotatable bonds is 4. The van der Waals surface area contributed by atoms with E-state index in [0.717, 1.165) is 0 Å². The minimum absolute atomic E-state index is 0.0236. The molecular formula is C16H24BrN5O4. The van der Waals surface area contributed by atoms with Crippen LogP contribution in [0.3, 0.4) is 0 Å². The summed E-state index contributed by atoms with van der Waals surface area (Å²) in [5.41, 5.74) is -0.0953. The van der Waals surface area contributed by atoms with Crippen LogP contribution < -0.4 is 15.5 Å². The lowest BCUT2D eigenvalue weighted by Crippen LogP contribution is -2.46. The van der Waals surface area contributed by atoms with Crippen molar-refractivity contribution in [2.75, 3.05) is 30.4 Å². The molecule has 1 fully saturated rings. The molecule has 0 aliphatic carbocycles. The smallest absolute Gasteiger partial charge is 0.407 e. The third-order valence-electron chi connectivity index (χ3n) is 3.93. The van der Waals surface area contributed by atoms with Gasteiger partial charge in [0, 0.05) is 32.4 Å². The van der Waals surface area contributed by atoms with E-state index in [9.17, 15) is 14.9 Å². The molecule has 0 saturated carbocycles. The van der Waals surface area contributed by atoms with Crippen LogP contribution in [0.2, 0.25) is 0 Å². The zero-order valence-electron chi connectivity index (χ0n) is 15.3. The van der Waals surface area contributed by atoms with Gasteiger partial charge in [0.15, 0.2) is 0 Å². The van der Waals surface area contributed by atoms with E-state index in [1.807, 2.05) is 25.7 Å². The van der Waals surface area contributed by atoms with Crippen molar-refractivity contribution in [3.63, 3.8) is 0 Å². The third kappa shape index (κ3) is 4.96. The molecule has 1 aliphatic rings. The molecule has 0 bridgehead atoms. The Balaban J connectivity index is 2.09. The van der Waals surface area contributed by atoms with Gasteiger partial charge >= 0.3 is 11.8 Å². The second kappa shape index (κ2) is 8.07. The van der Waals surface area contributed by atoms with Crippen LogP contribution in [0.25, 0.3) is 0 Å². The van der Waals surface area contributed by atoms with E-state index < -0.39 is 16.6 Å². The summed E-state index contributed by atoms with van der Waals surface area (Å²) in [5, 5.41) is 17.2. The molecule has 0 spiro atoms. The normalized spacial score (nSPS) is 15.5. The average Bonchev–Trinajstić information content (AvgIpc) is 2.53. The van der Waals surface area contributed by atoms with Gasteiger partial charge in [0.2, 0.25) is 5.82 Å². The van der Waals surface area contributed by atoms with Crippen LogP contribution in [0.1, 0.15) is 33.6 Å². The lowest BCUT2D eigenvalue weighted by molar-refractivity contribution is -0.383. The maximum Gasteiger partial charge on any atom is 0.407 e. The Morgan fingerprint density at radius 2 is 2.04 bits per heavy atom. The van der Waals surface area contributed by atoms with Gasteiger partial charge in [0.25, 0.3) is 0 Å². The summed E-state index contributed by atoms with van der Waals surface area (Å²) < 4.78 is 5.85. The number of nitro groups is 1. The van der Waals surface area contributed by atoms with E-state index >= 15 is 0 Å². The molecule has 1 aromatic heterocycles. The average molecular weight is 430 g/mol. The second-order valence-electron chi connectivity index (χ2n) is 7.07. The Morgan fingerprint density at radius 1 is 1.42 bits per heavy atom. The van der Waals surface area contributed by atoms with Gasteiger partial charge in [-0.3, -0.25) is 10.1 Å². The monoisotopic (exact) mass is 429 g/mol. The molecule has 0 atom stereocenters. The first-order valence-electron chi connectivity index (χ1n) is 8.37. The SMILES string of the molecule is CNc1ncc(Br)c(N2CCC(NC(=O)OC(C)(C)C)CC2)c1[N+](=O)[O-]. The van der Waals surface area contributed by atoms with Crippen LogP contribution in [0.5, 0.6) is 0 Å². The number of ether oxygens (including phenoxy) is 1. The topological polar surface area (TPSA) is 110 Å². The highest BCUT2D eigenvalue weighted by molar-refractivity contribution is 9.10. The lowest BCUT2D eigenvalue weighted by Gasteiger charge is -2.34. The molecule has 1 aromatic rings. The Bertz CT molecular complexity index is 684. The second-order valence-corrected chi connectivity index (χ2v) is 7.92. The van der Waals surface area contributed by atoms with Gasteiger partial charge in [-0.2, -0.15) is 0 Å². The quantitative estimate of drug-likeness (QED) is 0.557. The maximum absolute atomic E-state index is 11.9. The van der Waals surface area contributed by atoms with Crippen LogP contribution in [0.4, 0.5) is 22.0 Å². The fourth-order valence-electron chi connectivity index (χ4n) is 2.85. The predicted molar refractivity (Wildman–Crippen MR) is 103 cm³/mol. The Morgan fingerprint density at radius 3 is 2.54 bits per heavy atom. The third-order valence-corrected chi connectivity index (χ3v) is 4.51. The molecule has 144 valence electrons. The van der Waals surface area contributed by atoms with Crippen LogP contribution >= 0.6 is 15.9 Å². The standard InChI is InChI=1S/C16H24BrN5O4/c1-16(2,3)26-15(23)20-10-5-7-21(8-6-10)12-11(17)9-19-14(18-4)13(12)22(24)25/h9-10H,5-8H2,1-4H3,(H,18,19)(H,20,23). The number of halogens is 1. The molecule has 1 aliphatic heterocycles. The number of pyridine rings is 1. The minimum Gasteiger partial charge on any atom is -0.444 e. The number of amides is 1. The zero-order valence-corrected chi connectivity index (χ0v) is 16.9. The van der Waals surface area contributed by atoms with Crippen LogP contribution in [0.15, 0.2) is 10.7 Å². The van der Waals surface area contributed by atoms with Crippen molar-refractivity contribution in [3.05, 3.63) is 20.8 Å². The minimum atomic E-state index is -0.545. The van der Waals surface area contributed by atoms with Gasteiger partial charge < -0.3 is 20.3 Å². The van der Waals surface area contributed by atoms with Crippen LogP contribution in [-0.2, 0) is 4.74 Å². The number of aromatic nitrogens is 1. The van der Waals surface area contributed by atoms with Crippen molar-refractivity contribution in [2.45, 2.75) is 45.3 Å². The molecule has 2 heterocycles. The number of hydrogen-bond acceptors (Lipinski definition) is 7. The molecule has 2 N–H and O–H groups in total. The number of hydrogen-bond donors (Lipinski definition) is 2. The lowest BCUT2D eigenvalue weighted by atomic mass is 10.0. The van der Waals surface area contributed by atoms with E-state index in [4.69, 9.17) is 4.74 Å². The fraction of sp³-hybridized carbons (Fsp3) is 0.625. The number of nitrogens with one attached hydrogen (secondary N) is 2. The first-order valence-corrected chi connectivity index (χ1v) is 9.16. The number of anilines is 2.